The number of carbonyl (C=O) groups is 2. The highest BCUT2D eigenvalue weighted by atomic mass is 16.5. The minimum Gasteiger partial charge on any atom is -0.465 e. The van der Waals surface area contributed by atoms with Crippen LogP contribution in [-0.4, -0.2) is 41.5 Å². The number of methoxy groups -OCH3 is 1. The van der Waals surface area contributed by atoms with Crippen molar-refractivity contribution < 1.29 is 14.3 Å². The summed E-state index contributed by atoms with van der Waals surface area (Å²) in [6.07, 6.45) is 2.07. The van der Waals surface area contributed by atoms with Gasteiger partial charge < -0.3 is 14.2 Å². The maximum atomic E-state index is 13.4. The number of likely N-dealkylation sites (tertiary alicyclic amines) is 1. The Morgan fingerprint density at radius 3 is 2.35 bits per heavy atom. The van der Waals surface area contributed by atoms with Crippen LogP contribution >= 0.6 is 0 Å². The van der Waals surface area contributed by atoms with E-state index in [1.54, 1.807) is 12.1 Å². The molecule has 0 radical (unpaired) electrons. The van der Waals surface area contributed by atoms with Gasteiger partial charge in [-0.25, -0.2) is 4.79 Å². The number of aromatic nitrogens is 1. The van der Waals surface area contributed by atoms with E-state index in [2.05, 4.69) is 24.3 Å². The van der Waals surface area contributed by atoms with Gasteiger partial charge in [0.1, 0.15) is 0 Å². The van der Waals surface area contributed by atoms with Gasteiger partial charge >= 0.3 is 5.97 Å². The molecule has 1 amide bonds. The summed E-state index contributed by atoms with van der Waals surface area (Å²) >= 11 is 0. The van der Waals surface area contributed by atoms with Gasteiger partial charge in [0.15, 0.2) is 0 Å². The Morgan fingerprint density at radius 2 is 1.68 bits per heavy atom. The zero-order valence-electron chi connectivity index (χ0n) is 18.3. The highest BCUT2D eigenvalue weighted by molar-refractivity contribution is 5.99. The van der Waals surface area contributed by atoms with Gasteiger partial charge in [0.25, 0.3) is 5.91 Å². The zero-order chi connectivity index (χ0) is 22.0. The number of ether oxygens (including phenoxy) is 1. The van der Waals surface area contributed by atoms with E-state index >= 15 is 0 Å². The van der Waals surface area contributed by atoms with E-state index in [-0.39, 0.29) is 5.91 Å². The van der Waals surface area contributed by atoms with Gasteiger partial charge in [-0.05, 0) is 62.6 Å². The average Bonchev–Trinajstić information content (AvgIpc) is 3.16. The Balaban J connectivity index is 1.67. The fourth-order valence-corrected chi connectivity index (χ4v) is 4.52. The molecule has 31 heavy (non-hydrogen) atoms. The van der Waals surface area contributed by atoms with Gasteiger partial charge in [0.05, 0.1) is 18.4 Å². The molecule has 1 fully saturated rings. The van der Waals surface area contributed by atoms with Crippen LogP contribution in [0, 0.1) is 13.8 Å². The molecule has 0 aliphatic carbocycles. The number of carbonyl (C=O) groups excluding carboxylic acids is 2. The molecular formula is C26H28N2O3. The Kier molecular flexibility index (Phi) is 5.94. The second kappa shape index (κ2) is 8.80. The number of nitrogens with zero attached hydrogens (tertiary/aromatic N) is 2. The highest BCUT2D eigenvalue weighted by Crippen LogP contribution is 2.29. The summed E-state index contributed by atoms with van der Waals surface area (Å²) in [5, 5.41) is 0. The Morgan fingerprint density at radius 1 is 0.968 bits per heavy atom. The van der Waals surface area contributed by atoms with Gasteiger partial charge in [-0.1, -0.05) is 30.3 Å². The maximum Gasteiger partial charge on any atom is 0.339 e. The van der Waals surface area contributed by atoms with Crippen LogP contribution in [-0.2, 0) is 4.74 Å². The molecule has 1 aliphatic heterocycles. The Bertz CT molecular complexity index is 1080. The molecular weight excluding hydrogens is 388 g/mol. The number of hydrogen-bond acceptors (Lipinski definition) is 3. The number of rotatable bonds is 4. The Hall–Kier alpha value is -3.34. The average molecular weight is 417 g/mol. The molecule has 0 spiro atoms. The number of benzene rings is 2. The number of hydrogen-bond donors (Lipinski definition) is 0. The summed E-state index contributed by atoms with van der Waals surface area (Å²) < 4.78 is 6.98. The third-order valence-corrected chi connectivity index (χ3v) is 6.14. The quantitative estimate of drug-likeness (QED) is 0.569. The molecule has 1 saturated heterocycles. The molecule has 2 heterocycles. The summed E-state index contributed by atoms with van der Waals surface area (Å²) in [6.45, 7) is 5.42. The summed E-state index contributed by atoms with van der Waals surface area (Å²) in [5.41, 5.74) is 4.98. The first-order valence-electron chi connectivity index (χ1n) is 10.7. The van der Waals surface area contributed by atoms with Crippen LogP contribution in [0.4, 0.5) is 0 Å². The smallest absolute Gasteiger partial charge is 0.339 e. The summed E-state index contributed by atoms with van der Waals surface area (Å²) in [7, 11) is 1.37. The molecule has 2 aromatic carbocycles. The lowest BCUT2D eigenvalue weighted by Crippen LogP contribution is -2.39. The van der Waals surface area contributed by atoms with Crippen molar-refractivity contribution in [1.29, 1.82) is 0 Å². The molecule has 1 atom stereocenters. The minimum atomic E-state index is -0.413. The second-order valence-electron chi connectivity index (χ2n) is 8.18. The first kappa shape index (κ1) is 20.9. The van der Waals surface area contributed by atoms with Crippen LogP contribution < -0.4 is 0 Å². The highest BCUT2D eigenvalue weighted by Gasteiger charge is 2.27. The van der Waals surface area contributed by atoms with E-state index < -0.39 is 5.97 Å². The van der Waals surface area contributed by atoms with Gasteiger partial charge in [-0.15, -0.1) is 0 Å². The normalized spacial score (nSPS) is 16.2. The van der Waals surface area contributed by atoms with E-state index in [4.69, 9.17) is 4.74 Å². The van der Waals surface area contributed by atoms with E-state index in [0.717, 1.165) is 30.8 Å². The molecule has 0 N–H and O–H groups in total. The Labute approximate surface area is 183 Å². The molecule has 160 valence electrons. The molecule has 5 heteroatoms. The van der Waals surface area contributed by atoms with Gasteiger partial charge in [-0.3, -0.25) is 4.79 Å². The summed E-state index contributed by atoms with van der Waals surface area (Å²) in [4.78, 5) is 27.8. The van der Waals surface area contributed by atoms with E-state index in [0.29, 0.717) is 29.3 Å². The summed E-state index contributed by atoms with van der Waals surface area (Å²) in [6, 6.07) is 19.7. The van der Waals surface area contributed by atoms with Crippen molar-refractivity contribution in [3.8, 4) is 5.69 Å². The van der Waals surface area contributed by atoms with Crippen molar-refractivity contribution in [3.63, 3.8) is 0 Å². The summed E-state index contributed by atoms with van der Waals surface area (Å²) in [5.74, 6) is -0.0639. The van der Waals surface area contributed by atoms with Crippen molar-refractivity contribution in [2.24, 2.45) is 0 Å². The first-order chi connectivity index (χ1) is 15.0. The molecule has 5 nitrogen and oxygen atoms in total. The van der Waals surface area contributed by atoms with Crippen LogP contribution in [0.1, 0.15) is 56.4 Å². The lowest BCUT2D eigenvalue weighted by molar-refractivity contribution is 0.0599. The fourth-order valence-electron chi connectivity index (χ4n) is 4.52. The number of piperidine rings is 1. The van der Waals surface area contributed by atoms with Crippen LogP contribution in [0.2, 0.25) is 0 Å². The maximum absolute atomic E-state index is 13.4. The number of amides is 1. The molecule has 1 aliphatic rings. The zero-order valence-corrected chi connectivity index (χ0v) is 18.3. The van der Waals surface area contributed by atoms with E-state index in [1.165, 1.54) is 12.7 Å². The standard InChI is InChI=1S/C26H28N2O3/c1-18-11-12-19(2)28(18)24-16-21(13-14-23(24)26(30)31-3)25(29)27-15-7-10-22(17-27)20-8-5-4-6-9-20/h4-6,8-9,11-14,16,22H,7,10,15,17H2,1-3H3. The van der Waals surface area contributed by atoms with Crippen molar-refractivity contribution in [3.05, 3.63) is 88.7 Å². The molecule has 4 rings (SSSR count). The predicted molar refractivity (Wildman–Crippen MR) is 121 cm³/mol. The molecule has 1 aromatic heterocycles. The SMILES string of the molecule is COC(=O)c1ccc(C(=O)N2CCCC(c3ccccc3)C2)cc1-n1c(C)ccc1C. The van der Waals surface area contributed by atoms with Crippen molar-refractivity contribution >= 4 is 11.9 Å². The number of esters is 1. The lowest BCUT2D eigenvalue weighted by atomic mass is 9.90. The van der Waals surface area contributed by atoms with Crippen molar-refractivity contribution in [1.82, 2.24) is 9.47 Å². The second-order valence-corrected chi connectivity index (χ2v) is 8.18. The molecule has 0 saturated carbocycles. The lowest BCUT2D eigenvalue weighted by Gasteiger charge is -2.33. The molecule has 1 unspecified atom stereocenters. The van der Waals surface area contributed by atoms with Crippen LogP contribution in [0.25, 0.3) is 5.69 Å². The van der Waals surface area contributed by atoms with Crippen molar-refractivity contribution in [2.45, 2.75) is 32.6 Å². The van der Waals surface area contributed by atoms with Crippen molar-refractivity contribution in [2.75, 3.05) is 20.2 Å². The third-order valence-electron chi connectivity index (χ3n) is 6.14. The topological polar surface area (TPSA) is 51.5 Å². The molecule has 3 aromatic rings. The van der Waals surface area contributed by atoms with Gasteiger partial charge in [-0.2, -0.15) is 0 Å². The van der Waals surface area contributed by atoms with Gasteiger partial charge in [0, 0.05) is 36.0 Å². The van der Waals surface area contributed by atoms with Crippen LogP contribution in [0.15, 0.2) is 60.7 Å². The fraction of sp³-hybridized carbons (Fsp3) is 0.308. The number of aryl methyl sites for hydroxylation is 2. The van der Waals surface area contributed by atoms with Crippen LogP contribution in [0.5, 0.6) is 0 Å². The van der Waals surface area contributed by atoms with E-state index in [1.807, 2.05) is 47.6 Å². The first-order valence-corrected chi connectivity index (χ1v) is 10.7. The van der Waals surface area contributed by atoms with Crippen LogP contribution in [0.3, 0.4) is 0 Å². The van der Waals surface area contributed by atoms with Gasteiger partial charge in [0.2, 0.25) is 0 Å². The van der Waals surface area contributed by atoms with E-state index in [9.17, 15) is 9.59 Å². The predicted octanol–water partition coefficient (Wildman–Crippen LogP) is 4.90. The third kappa shape index (κ3) is 4.13. The largest absolute Gasteiger partial charge is 0.465 e. The monoisotopic (exact) mass is 416 g/mol. The molecule has 0 bridgehead atoms. The minimum absolute atomic E-state index is 0.000703.